The van der Waals surface area contributed by atoms with Gasteiger partial charge in [-0.3, -0.25) is 4.55 Å². The molecule has 0 amide bonds. The van der Waals surface area contributed by atoms with Gasteiger partial charge in [0.1, 0.15) is 11.7 Å². The molecule has 3 aromatic rings. The van der Waals surface area contributed by atoms with E-state index in [0.717, 1.165) is 16.2 Å². The van der Waals surface area contributed by atoms with Gasteiger partial charge in [0.25, 0.3) is 10.1 Å². The fraction of sp³-hybridized carbons (Fsp3) is 0. The third kappa shape index (κ3) is 3.53. The zero-order valence-corrected chi connectivity index (χ0v) is 15.0. The van der Waals surface area contributed by atoms with E-state index in [1.165, 1.54) is 6.07 Å². The van der Waals surface area contributed by atoms with E-state index in [-0.39, 0.29) is 24.4 Å². The Kier molecular flexibility index (Phi) is 5.72. The predicted molar refractivity (Wildman–Crippen MR) is 78.4 cm³/mol. The molecule has 0 aliphatic carbocycles. The molecule has 3 rings (SSSR count). The van der Waals surface area contributed by atoms with Crippen LogP contribution >= 0.6 is 0 Å². The van der Waals surface area contributed by atoms with Crippen molar-refractivity contribution in [2.75, 3.05) is 0 Å². The minimum absolute atomic E-state index is 0. The maximum atomic E-state index is 11.3. The monoisotopic (exact) mass is 352 g/mol. The first kappa shape index (κ1) is 17.4. The van der Waals surface area contributed by atoms with E-state index in [4.69, 9.17) is 4.79 Å². The van der Waals surface area contributed by atoms with Crippen LogP contribution in [-0.2, 0) is 34.4 Å². The molecule has 0 atom stereocenters. The average molecular weight is 354 g/mol. The fourth-order valence-electron chi connectivity index (χ4n) is 2.16. The molecule has 0 unspecified atom stereocenters. The second kappa shape index (κ2) is 6.90. The summed E-state index contributed by atoms with van der Waals surface area (Å²) in [6.07, 6.45) is 0. The first-order valence-electron chi connectivity index (χ1n) is 5.73. The number of carbonyl (C=O) groups is 1. The van der Waals surface area contributed by atoms with Gasteiger partial charge in [0.2, 0.25) is 0 Å². The second-order valence-electron chi connectivity index (χ2n) is 4.15. The first-order chi connectivity index (χ1) is 9.55. The maximum Gasteiger partial charge on any atom is 0.295 e. The van der Waals surface area contributed by atoms with E-state index >= 15 is 0 Å². The molecule has 0 aromatic heterocycles. The number of hydrogen-bond donors (Lipinski definition) is 1. The molecule has 0 saturated heterocycles. The summed E-state index contributed by atoms with van der Waals surface area (Å²) in [6, 6.07) is 16.3. The van der Waals surface area contributed by atoms with Crippen molar-refractivity contribution >= 4 is 38.5 Å². The summed E-state index contributed by atoms with van der Waals surface area (Å²) in [5.41, 5.74) is 0. The quantitative estimate of drug-likeness (QED) is 0.414. The van der Waals surface area contributed by atoms with Crippen molar-refractivity contribution in [1.29, 1.82) is 0 Å². The van der Waals surface area contributed by atoms with Crippen LogP contribution in [0.25, 0.3) is 21.5 Å². The van der Waals surface area contributed by atoms with Gasteiger partial charge < -0.3 is 4.79 Å². The molecule has 104 valence electrons. The fourth-order valence-corrected chi connectivity index (χ4v) is 2.87. The molecule has 0 radical (unpaired) electrons. The Hall–Kier alpha value is -1.62. The summed E-state index contributed by atoms with van der Waals surface area (Å²) >= 11 is 0. The minimum Gasteiger partial charge on any atom is -0.307 e. The molecular formula is C15H12O4SZn. The van der Waals surface area contributed by atoms with Crippen molar-refractivity contribution in [2.24, 2.45) is 0 Å². The Labute approximate surface area is 135 Å². The number of carbonyl (C=O) groups excluding carboxylic acids is 1. The topological polar surface area (TPSA) is 71.4 Å². The maximum absolute atomic E-state index is 11.3. The number of fused-ring (bicyclic) bond motifs is 2. The summed E-state index contributed by atoms with van der Waals surface area (Å²) < 4.78 is 31.9. The van der Waals surface area contributed by atoms with Gasteiger partial charge in [-0.2, -0.15) is 8.42 Å². The number of benzene rings is 3. The Morgan fingerprint density at radius 3 is 1.90 bits per heavy atom. The van der Waals surface area contributed by atoms with Gasteiger partial charge in [0.15, 0.2) is 0 Å². The van der Waals surface area contributed by atoms with Crippen LogP contribution in [-0.4, -0.2) is 19.8 Å². The standard InChI is InChI=1S/C14H10O3S.CH2O.Zn/c15-18(16,17)14-7-3-6-12-8-10-4-1-2-5-11(10)9-13(12)14;1-2;/h1-9H,(H,15,16,17);1H2;. The smallest absolute Gasteiger partial charge is 0.295 e. The molecule has 0 fully saturated rings. The van der Waals surface area contributed by atoms with Crippen molar-refractivity contribution in [1.82, 2.24) is 0 Å². The van der Waals surface area contributed by atoms with Crippen molar-refractivity contribution in [3.05, 3.63) is 54.6 Å². The van der Waals surface area contributed by atoms with E-state index in [2.05, 4.69) is 0 Å². The van der Waals surface area contributed by atoms with E-state index in [9.17, 15) is 13.0 Å². The van der Waals surface area contributed by atoms with Crippen molar-refractivity contribution in [2.45, 2.75) is 4.90 Å². The summed E-state index contributed by atoms with van der Waals surface area (Å²) in [5.74, 6) is 0. The largest absolute Gasteiger partial charge is 0.307 e. The average Bonchev–Trinajstić information content (AvgIpc) is 2.45. The van der Waals surface area contributed by atoms with Crippen LogP contribution in [0.4, 0.5) is 0 Å². The van der Waals surface area contributed by atoms with E-state index in [0.29, 0.717) is 5.39 Å². The molecule has 0 aliphatic rings. The minimum atomic E-state index is -4.20. The molecule has 3 aromatic carbocycles. The molecule has 0 spiro atoms. The van der Waals surface area contributed by atoms with Gasteiger partial charge in [-0.25, -0.2) is 0 Å². The van der Waals surface area contributed by atoms with Crippen LogP contribution in [0, 0.1) is 0 Å². The summed E-state index contributed by atoms with van der Waals surface area (Å²) in [6.45, 7) is 2.00. The van der Waals surface area contributed by atoms with Crippen molar-refractivity contribution in [3.63, 3.8) is 0 Å². The van der Waals surface area contributed by atoms with Crippen molar-refractivity contribution < 1.29 is 37.2 Å². The molecule has 0 aliphatic heterocycles. The zero-order valence-electron chi connectivity index (χ0n) is 11.2. The first-order valence-corrected chi connectivity index (χ1v) is 7.17. The summed E-state index contributed by atoms with van der Waals surface area (Å²) in [7, 11) is -4.20. The zero-order chi connectivity index (χ0) is 14.8. The molecular weight excluding hydrogens is 342 g/mol. The van der Waals surface area contributed by atoms with Gasteiger partial charge in [-0.1, -0.05) is 36.4 Å². The van der Waals surface area contributed by atoms with Crippen LogP contribution in [0.5, 0.6) is 0 Å². The van der Waals surface area contributed by atoms with Gasteiger partial charge >= 0.3 is 0 Å². The molecule has 0 heterocycles. The Morgan fingerprint density at radius 1 is 0.810 bits per heavy atom. The van der Waals surface area contributed by atoms with E-state index in [1.807, 2.05) is 43.2 Å². The SMILES string of the molecule is C=O.O=S(=O)(O)c1cccc2cc3ccccc3cc12.[Zn]. The van der Waals surface area contributed by atoms with Gasteiger partial charge in [-0.15, -0.1) is 0 Å². The predicted octanol–water partition coefficient (Wildman–Crippen LogP) is 3.05. The second-order valence-corrected chi connectivity index (χ2v) is 5.54. The Bertz CT molecular complexity index is 875. The van der Waals surface area contributed by atoms with Crippen LogP contribution in [0.2, 0.25) is 0 Å². The Morgan fingerprint density at radius 2 is 1.33 bits per heavy atom. The third-order valence-electron chi connectivity index (χ3n) is 2.98. The molecule has 1 N–H and O–H groups in total. The van der Waals surface area contributed by atoms with Crippen LogP contribution in [0.3, 0.4) is 0 Å². The Balaban J connectivity index is 0.000000706. The van der Waals surface area contributed by atoms with Crippen LogP contribution in [0.1, 0.15) is 0 Å². The van der Waals surface area contributed by atoms with Crippen LogP contribution < -0.4 is 0 Å². The van der Waals surface area contributed by atoms with Crippen molar-refractivity contribution in [3.8, 4) is 0 Å². The normalized spacial score (nSPS) is 10.5. The van der Waals surface area contributed by atoms with Gasteiger partial charge in [0.05, 0.1) is 0 Å². The number of hydrogen-bond acceptors (Lipinski definition) is 3. The molecule has 4 nitrogen and oxygen atoms in total. The van der Waals surface area contributed by atoms with Gasteiger partial charge in [-0.05, 0) is 34.4 Å². The number of rotatable bonds is 1. The molecule has 6 heteroatoms. The van der Waals surface area contributed by atoms with Gasteiger partial charge in [0, 0.05) is 24.9 Å². The molecule has 21 heavy (non-hydrogen) atoms. The van der Waals surface area contributed by atoms with Crippen LogP contribution in [0.15, 0.2) is 59.5 Å². The molecule has 0 saturated carbocycles. The summed E-state index contributed by atoms with van der Waals surface area (Å²) in [5, 5.41) is 3.32. The van der Waals surface area contributed by atoms with E-state index < -0.39 is 10.1 Å². The summed E-state index contributed by atoms with van der Waals surface area (Å²) in [4.78, 5) is 7.95. The molecule has 0 bridgehead atoms. The third-order valence-corrected chi connectivity index (χ3v) is 3.90. The van der Waals surface area contributed by atoms with E-state index in [1.54, 1.807) is 12.1 Å².